The fourth-order valence-electron chi connectivity index (χ4n) is 1.98. The number of fused-ring (bicyclic) bond motifs is 1. The first kappa shape index (κ1) is 11.0. The van der Waals surface area contributed by atoms with Crippen LogP contribution < -0.4 is 4.74 Å². The Balaban J connectivity index is 2.38. The Labute approximate surface area is 99.4 Å². The van der Waals surface area contributed by atoms with Gasteiger partial charge in [0.25, 0.3) is 0 Å². The molecule has 0 atom stereocenters. The molecule has 3 heteroatoms. The summed E-state index contributed by atoms with van der Waals surface area (Å²) in [5.41, 5.74) is 2.62. The summed E-state index contributed by atoms with van der Waals surface area (Å²) in [6.45, 7) is 1.79. The van der Waals surface area contributed by atoms with E-state index in [4.69, 9.17) is 4.74 Å². The van der Waals surface area contributed by atoms with E-state index in [2.05, 4.69) is 47.1 Å². The van der Waals surface area contributed by atoms with Crippen molar-refractivity contribution in [2.75, 3.05) is 20.7 Å². The van der Waals surface area contributed by atoms with E-state index in [0.29, 0.717) is 0 Å². The van der Waals surface area contributed by atoms with Crippen LogP contribution in [-0.4, -0.2) is 25.6 Å². The minimum atomic E-state index is 0.856. The molecule has 1 aromatic carbocycles. The number of benzene rings is 1. The molecule has 15 heavy (non-hydrogen) atoms. The molecule has 1 aliphatic heterocycles. The number of nitrogens with zero attached hydrogens (tertiary/aromatic N) is 1. The van der Waals surface area contributed by atoms with Gasteiger partial charge in [0.15, 0.2) is 0 Å². The first-order valence-corrected chi connectivity index (χ1v) is 6.05. The van der Waals surface area contributed by atoms with Crippen molar-refractivity contribution in [1.29, 1.82) is 0 Å². The fourth-order valence-corrected chi connectivity index (χ4v) is 2.53. The molecule has 0 saturated heterocycles. The monoisotopic (exact) mass is 269 g/mol. The van der Waals surface area contributed by atoms with Crippen LogP contribution in [-0.2, 0) is 13.0 Å². The number of halogens is 1. The smallest absolute Gasteiger partial charge is 0.127 e. The van der Waals surface area contributed by atoms with Gasteiger partial charge in [0.05, 0.1) is 6.61 Å². The normalized spacial score (nSPS) is 14.9. The summed E-state index contributed by atoms with van der Waals surface area (Å²) in [4.78, 5) is 2.17. The highest BCUT2D eigenvalue weighted by molar-refractivity contribution is 9.10. The molecule has 1 aromatic rings. The third-order valence-electron chi connectivity index (χ3n) is 2.53. The van der Waals surface area contributed by atoms with Gasteiger partial charge in [0.2, 0.25) is 0 Å². The van der Waals surface area contributed by atoms with Crippen molar-refractivity contribution in [3.63, 3.8) is 0 Å². The average molecular weight is 270 g/mol. The van der Waals surface area contributed by atoms with E-state index in [9.17, 15) is 0 Å². The summed E-state index contributed by atoms with van der Waals surface area (Å²) in [6.07, 6.45) is 2.26. The van der Waals surface area contributed by atoms with E-state index < -0.39 is 0 Å². The first-order valence-electron chi connectivity index (χ1n) is 5.25. The molecule has 0 fully saturated rings. The van der Waals surface area contributed by atoms with E-state index in [1.54, 1.807) is 0 Å². The largest absolute Gasteiger partial charge is 0.493 e. The number of hydrogen-bond donors (Lipinski definition) is 0. The summed E-state index contributed by atoms with van der Waals surface area (Å²) in [6, 6.07) is 4.33. The van der Waals surface area contributed by atoms with Gasteiger partial charge in [-0.15, -0.1) is 0 Å². The van der Waals surface area contributed by atoms with E-state index >= 15 is 0 Å². The van der Waals surface area contributed by atoms with Gasteiger partial charge in [-0.05, 0) is 44.6 Å². The highest BCUT2D eigenvalue weighted by atomic mass is 79.9. The molecule has 0 unspecified atom stereocenters. The van der Waals surface area contributed by atoms with E-state index in [-0.39, 0.29) is 0 Å². The molecule has 0 aromatic heterocycles. The maximum Gasteiger partial charge on any atom is 0.127 e. The topological polar surface area (TPSA) is 12.5 Å². The molecule has 0 saturated carbocycles. The van der Waals surface area contributed by atoms with Crippen LogP contribution in [0.1, 0.15) is 17.5 Å². The van der Waals surface area contributed by atoms with Crippen LogP contribution in [0.15, 0.2) is 16.6 Å². The van der Waals surface area contributed by atoms with Crippen molar-refractivity contribution in [2.45, 2.75) is 19.4 Å². The molecular weight excluding hydrogens is 254 g/mol. The van der Waals surface area contributed by atoms with E-state index in [0.717, 1.165) is 36.2 Å². The van der Waals surface area contributed by atoms with Gasteiger partial charge in [-0.2, -0.15) is 0 Å². The number of rotatable bonds is 2. The lowest BCUT2D eigenvalue weighted by Crippen LogP contribution is -2.15. The maximum absolute atomic E-state index is 5.76. The SMILES string of the molecule is CN(C)Cc1cc(Br)cc2c1OCCC2. The predicted octanol–water partition coefficient (Wildman–Crippen LogP) is 2.84. The minimum absolute atomic E-state index is 0.856. The Bertz CT molecular complexity index is 363. The van der Waals surface area contributed by atoms with Crippen molar-refractivity contribution in [3.8, 4) is 5.75 Å². The zero-order valence-electron chi connectivity index (χ0n) is 9.22. The molecule has 2 rings (SSSR count). The molecule has 2 nitrogen and oxygen atoms in total. The Morgan fingerprint density at radius 2 is 2.20 bits per heavy atom. The summed E-state index contributed by atoms with van der Waals surface area (Å²) >= 11 is 3.56. The molecular formula is C12H16BrNO. The molecule has 0 amide bonds. The van der Waals surface area contributed by atoms with Crippen LogP contribution >= 0.6 is 15.9 Å². The lowest BCUT2D eigenvalue weighted by molar-refractivity contribution is 0.279. The molecule has 0 spiro atoms. The minimum Gasteiger partial charge on any atom is -0.493 e. The maximum atomic E-state index is 5.76. The highest BCUT2D eigenvalue weighted by Gasteiger charge is 2.15. The molecule has 0 aliphatic carbocycles. The molecule has 1 heterocycles. The Morgan fingerprint density at radius 3 is 2.93 bits per heavy atom. The Morgan fingerprint density at radius 1 is 1.40 bits per heavy atom. The van der Waals surface area contributed by atoms with Crippen LogP contribution in [0.2, 0.25) is 0 Å². The van der Waals surface area contributed by atoms with Crippen LogP contribution in [0, 0.1) is 0 Å². The van der Waals surface area contributed by atoms with Gasteiger partial charge < -0.3 is 9.64 Å². The summed E-state index contributed by atoms with van der Waals surface area (Å²) < 4.78 is 6.92. The average Bonchev–Trinajstić information content (AvgIpc) is 2.16. The van der Waals surface area contributed by atoms with Gasteiger partial charge in [0.1, 0.15) is 5.75 Å². The van der Waals surface area contributed by atoms with Crippen LogP contribution in [0.3, 0.4) is 0 Å². The second-order valence-electron chi connectivity index (χ2n) is 4.24. The second kappa shape index (κ2) is 4.54. The number of ether oxygens (including phenoxy) is 1. The third-order valence-corrected chi connectivity index (χ3v) is 2.99. The Kier molecular flexibility index (Phi) is 3.32. The molecule has 0 bridgehead atoms. The number of hydrogen-bond acceptors (Lipinski definition) is 2. The molecule has 0 radical (unpaired) electrons. The van der Waals surface area contributed by atoms with Crippen molar-refractivity contribution in [1.82, 2.24) is 4.90 Å². The third kappa shape index (κ3) is 2.52. The zero-order chi connectivity index (χ0) is 10.8. The predicted molar refractivity (Wildman–Crippen MR) is 65.3 cm³/mol. The van der Waals surface area contributed by atoms with E-state index in [1.165, 1.54) is 11.1 Å². The second-order valence-corrected chi connectivity index (χ2v) is 5.16. The molecule has 82 valence electrons. The van der Waals surface area contributed by atoms with Crippen molar-refractivity contribution >= 4 is 15.9 Å². The molecule has 1 aliphatic rings. The van der Waals surface area contributed by atoms with Crippen molar-refractivity contribution < 1.29 is 4.74 Å². The lowest BCUT2D eigenvalue weighted by Gasteiger charge is -2.22. The van der Waals surface area contributed by atoms with Crippen LogP contribution in [0.25, 0.3) is 0 Å². The summed E-state index contributed by atoms with van der Waals surface area (Å²) in [5.74, 6) is 1.11. The summed E-state index contributed by atoms with van der Waals surface area (Å²) in [7, 11) is 4.16. The zero-order valence-corrected chi connectivity index (χ0v) is 10.8. The summed E-state index contributed by atoms with van der Waals surface area (Å²) in [5, 5.41) is 0. The first-order chi connectivity index (χ1) is 7.16. The van der Waals surface area contributed by atoms with Crippen LogP contribution in [0.5, 0.6) is 5.75 Å². The standard InChI is InChI=1S/C12H16BrNO/c1-14(2)8-10-7-11(13)6-9-4-3-5-15-12(9)10/h6-7H,3-5,8H2,1-2H3. The van der Waals surface area contributed by atoms with Gasteiger partial charge >= 0.3 is 0 Å². The Hall–Kier alpha value is -0.540. The van der Waals surface area contributed by atoms with Gasteiger partial charge in [-0.25, -0.2) is 0 Å². The van der Waals surface area contributed by atoms with Gasteiger partial charge in [0, 0.05) is 16.6 Å². The highest BCUT2D eigenvalue weighted by Crippen LogP contribution is 2.32. The van der Waals surface area contributed by atoms with Crippen LogP contribution in [0.4, 0.5) is 0 Å². The van der Waals surface area contributed by atoms with Crippen molar-refractivity contribution in [2.24, 2.45) is 0 Å². The lowest BCUT2D eigenvalue weighted by atomic mass is 10.0. The molecule has 0 N–H and O–H groups in total. The van der Waals surface area contributed by atoms with Gasteiger partial charge in [-0.1, -0.05) is 15.9 Å². The van der Waals surface area contributed by atoms with Gasteiger partial charge in [-0.3, -0.25) is 0 Å². The van der Waals surface area contributed by atoms with E-state index in [1.807, 2.05) is 0 Å². The fraction of sp³-hybridized carbons (Fsp3) is 0.500. The quantitative estimate of drug-likeness (QED) is 0.819. The number of aryl methyl sites for hydroxylation is 1. The van der Waals surface area contributed by atoms with Crippen molar-refractivity contribution in [3.05, 3.63) is 27.7 Å².